The summed E-state index contributed by atoms with van der Waals surface area (Å²) >= 11 is 0. The van der Waals surface area contributed by atoms with Crippen LogP contribution in [-0.4, -0.2) is 68.3 Å². The number of aliphatic hydroxyl groups is 1. The fourth-order valence-corrected chi connectivity index (χ4v) is 7.24. The number of carbonyl (C=O) groups excluding carboxylic acids is 4. The van der Waals surface area contributed by atoms with Crippen molar-refractivity contribution in [2.24, 2.45) is 34.5 Å². The number of hydrogen-bond acceptors (Lipinski definition) is 9. The predicted molar refractivity (Wildman–Crippen MR) is 126 cm³/mol. The molecule has 3 aliphatic carbocycles. The second-order valence-corrected chi connectivity index (χ2v) is 10.7. The highest BCUT2D eigenvalue weighted by Crippen LogP contribution is 2.64. The zero-order valence-corrected chi connectivity index (χ0v) is 21.6. The molecule has 3 rings (SSSR count). The van der Waals surface area contributed by atoms with Gasteiger partial charge in [-0.05, 0) is 56.9 Å². The first-order chi connectivity index (χ1) is 16.4. The van der Waals surface area contributed by atoms with E-state index < -0.39 is 52.6 Å². The smallest absolute Gasteiger partial charge is 0.330 e. The van der Waals surface area contributed by atoms with E-state index in [0.29, 0.717) is 32.2 Å². The monoisotopic (exact) mass is 493 g/mol. The van der Waals surface area contributed by atoms with E-state index in [1.54, 1.807) is 14.0 Å². The van der Waals surface area contributed by atoms with Gasteiger partial charge in [-0.3, -0.25) is 14.4 Å². The van der Waals surface area contributed by atoms with Crippen molar-refractivity contribution in [1.82, 2.24) is 5.32 Å². The Morgan fingerprint density at radius 2 is 1.91 bits per heavy atom. The van der Waals surface area contributed by atoms with Gasteiger partial charge in [0.25, 0.3) is 0 Å². The number of aliphatic hydroxyl groups excluding tert-OH is 1. The van der Waals surface area contributed by atoms with Crippen LogP contribution in [0.3, 0.4) is 0 Å². The zero-order chi connectivity index (χ0) is 26.1. The number of nitrogens with one attached hydrogen (secondary N) is 1. The van der Waals surface area contributed by atoms with Crippen LogP contribution in [0.5, 0.6) is 0 Å². The summed E-state index contributed by atoms with van der Waals surface area (Å²) in [4.78, 5) is 51.1. The molecule has 0 aliphatic heterocycles. The summed E-state index contributed by atoms with van der Waals surface area (Å²) < 4.78 is 15.9. The summed E-state index contributed by atoms with van der Waals surface area (Å²) in [5.74, 6) is -3.52. The Labute approximate surface area is 206 Å². The number of fused-ring (bicyclic) bond motifs is 3. The van der Waals surface area contributed by atoms with Crippen LogP contribution in [0.4, 0.5) is 0 Å². The van der Waals surface area contributed by atoms with Crippen LogP contribution in [0.15, 0.2) is 11.6 Å². The average Bonchev–Trinajstić information content (AvgIpc) is 2.80. The van der Waals surface area contributed by atoms with Crippen molar-refractivity contribution in [2.75, 3.05) is 27.3 Å². The molecule has 0 radical (unpaired) electrons. The predicted octanol–water partition coefficient (Wildman–Crippen LogP) is 1.81. The standard InChI is InChI=1S/C26H39NO8/c1-14-16(13-19(29)34-12-11-27-5)7-8-17-20(14)21(30)22(31)23-25(17,3)10-9-18(35-15(2)28)26(23,4)24(32)33-6/h13-14,17-18,20-21,23,27,30H,7-12H2,1-6H3/t14-,17+,18-,20-,21+,23+,25+,26-/m0/s1. The van der Waals surface area contributed by atoms with Crippen molar-refractivity contribution in [3.05, 3.63) is 11.6 Å². The Kier molecular flexibility index (Phi) is 8.11. The maximum Gasteiger partial charge on any atom is 0.330 e. The van der Waals surface area contributed by atoms with E-state index in [2.05, 4.69) is 5.32 Å². The molecule has 0 unspecified atom stereocenters. The summed E-state index contributed by atoms with van der Waals surface area (Å²) in [6.07, 6.45) is 1.66. The van der Waals surface area contributed by atoms with Gasteiger partial charge in [0, 0.05) is 31.4 Å². The molecular formula is C26H39NO8. The maximum absolute atomic E-state index is 13.8. The lowest BCUT2D eigenvalue weighted by molar-refractivity contribution is -0.215. The Hall–Kier alpha value is -2.26. The third-order valence-electron chi connectivity index (χ3n) is 8.86. The largest absolute Gasteiger partial charge is 0.468 e. The molecule has 0 bridgehead atoms. The Morgan fingerprint density at radius 3 is 2.51 bits per heavy atom. The van der Waals surface area contributed by atoms with Crippen LogP contribution in [-0.2, 0) is 33.4 Å². The molecule has 3 aliphatic rings. The van der Waals surface area contributed by atoms with Crippen molar-refractivity contribution in [2.45, 2.75) is 65.6 Å². The molecule has 0 heterocycles. The molecule has 3 saturated carbocycles. The lowest BCUT2D eigenvalue weighted by atomic mass is 9.41. The van der Waals surface area contributed by atoms with Gasteiger partial charge in [-0.25, -0.2) is 4.79 Å². The first kappa shape index (κ1) is 27.3. The van der Waals surface area contributed by atoms with Gasteiger partial charge in [0.05, 0.1) is 7.11 Å². The Balaban J connectivity index is 1.97. The van der Waals surface area contributed by atoms with E-state index in [0.717, 1.165) is 5.57 Å². The molecule has 9 heteroatoms. The van der Waals surface area contributed by atoms with Gasteiger partial charge < -0.3 is 24.6 Å². The minimum Gasteiger partial charge on any atom is -0.468 e. The molecule has 0 spiro atoms. The van der Waals surface area contributed by atoms with Crippen LogP contribution in [0.1, 0.15) is 53.4 Å². The minimum atomic E-state index is -1.41. The molecule has 0 aromatic rings. The van der Waals surface area contributed by atoms with Crippen LogP contribution in [0, 0.1) is 34.5 Å². The number of allylic oxidation sites excluding steroid dienone is 1. The number of Topliss-reactive ketones (excluding diaryl/α,β-unsaturated/α-hetero) is 1. The van der Waals surface area contributed by atoms with E-state index in [1.165, 1.54) is 20.1 Å². The minimum absolute atomic E-state index is 0.0603. The van der Waals surface area contributed by atoms with Crippen LogP contribution in [0.2, 0.25) is 0 Å². The summed E-state index contributed by atoms with van der Waals surface area (Å²) in [6, 6.07) is 0. The molecule has 8 atom stereocenters. The number of carbonyl (C=O) groups is 4. The summed E-state index contributed by atoms with van der Waals surface area (Å²) in [6.45, 7) is 7.66. The molecular weight excluding hydrogens is 454 g/mol. The highest BCUT2D eigenvalue weighted by molar-refractivity contribution is 5.94. The van der Waals surface area contributed by atoms with E-state index in [9.17, 15) is 24.3 Å². The molecule has 0 aromatic heterocycles. The third kappa shape index (κ3) is 4.65. The number of hydrogen-bond donors (Lipinski definition) is 2. The molecule has 0 aromatic carbocycles. The molecule has 0 amide bonds. The van der Waals surface area contributed by atoms with Crippen molar-refractivity contribution in [1.29, 1.82) is 0 Å². The normalized spacial score (nSPS) is 39.9. The van der Waals surface area contributed by atoms with Gasteiger partial charge in [-0.15, -0.1) is 0 Å². The second kappa shape index (κ2) is 10.4. The highest BCUT2D eigenvalue weighted by Gasteiger charge is 2.69. The number of ether oxygens (including phenoxy) is 3. The first-order valence-corrected chi connectivity index (χ1v) is 12.4. The van der Waals surface area contributed by atoms with Gasteiger partial charge >= 0.3 is 17.9 Å². The Morgan fingerprint density at radius 1 is 1.23 bits per heavy atom. The Bertz CT molecular complexity index is 900. The summed E-state index contributed by atoms with van der Waals surface area (Å²) in [5.41, 5.74) is -1.15. The number of methoxy groups -OCH3 is 1. The SMILES string of the molecule is CNCCOC(=O)C=C1CC[C@@H]2[C@H]([C@H]1C)[C@@H](O)C(=O)[C@@H]1[C@]2(C)CC[C@H](OC(C)=O)[C@]1(C)C(=O)OC. The zero-order valence-electron chi connectivity index (χ0n) is 21.6. The summed E-state index contributed by atoms with van der Waals surface area (Å²) in [5, 5.41) is 14.2. The fourth-order valence-electron chi connectivity index (χ4n) is 7.24. The average molecular weight is 494 g/mol. The lowest BCUT2D eigenvalue weighted by Gasteiger charge is -2.62. The van der Waals surface area contributed by atoms with Crippen LogP contribution < -0.4 is 5.32 Å². The van der Waals surface area contributed by atoms with Crippen molar-refractivity contribution < 1.29 is 38.5 Å². The van der Waals surface area contributed by atoms with E-state index in [-0.39, 0.29) is 24.4 Å². The number of rotatable bonds is 6. The molecule has 35 heavy (non-hydrogen) atoms. The fraction of sp³-hybridized carbons (Fsp3) is 0.769. The first-order valence-electron chi connectivity index (χ1n) is 12.4. The van der Waals surface area contributed by atoms with Crippen LogP contribution >= 0.6 is 0 Å². The van der Waals surface area contributed by atoms with Crippen molar-refractivity contribution >= 4 is 23.7 Å². The number of ketones is 1. The van der Waals surface area contributed by atoms with Crippen molar-refractivity contribution in [3.8, 4) is 0 Å². The third-order valence-corrected chi connectivity index (χ3v) is 8.86. The van der Waals surface area contributed by atoms with E-state index >= 15 is 0 Å². The van der Waals surface area contributed by atoms with E-state index in [4.69, 9.17) is 14.2 Å². The second-order valence-electron chi connectivity index (χ2n) is 10.7. The molecule has 0 saturated heterocycles. The molecule has 196 valence electrons. The van der Waals surface area contributed by atoms with Gasteiger partial charge in [0.1, 0.15) is 24.2 Å². The van der Waals surface area contributed by atoms with Crippen LogP contribution in [0.25, 0.3) is 0 Å². The lowest BCUT2D eigenvalue weighted by Crippen LogP contribution is -2.68. The maximum atomic E-state index is 13.8. The quantitative estimate of drug-likeness (QED) is 0.246. The summed E-state index contributed by atoms with van der Waals surface area (Å²) in [7, 11) is 3.03. The highest BCUT2D eigenvalue weighted by atomic mass is 16.6. The van der Waals surface area contributed by atoms with Gasteiger partial charge in [0.15, 0.2) is 5.78 Å². The molecule has 3 fully saturated rings. The molecule has 2 N–H and O–H groups in total. The molecule has 9 nitrogen and oxygen atoms in total. The van der Waals surface area contributed by atoms with Crippen molar-refractivity contribution in [3.63, 3.8) is 0 Å². The van der Waals surface area contributed by atoms with Gasteiger partial charge in [0.2, 0.25) is 0 Å². The number of likely N-dealkylation sites (N-methyl/N-ethyl adjacent to an activating group) is 1. The van der Waals surface area contributed by atoms with E-state index in [1.807, 2.05) is 13.8 Å². The van der Waals surface area contributed by atoms with Gasteiger partial charge in [-0.2, -0.15) is 0 Å². The topological polar surface area (TPSA) is 128 Å². The van der Waals surface area contributed by atoms with Gasteiger partial charge in [-0.1, -0.05) is 19.4 Å². The number of esters is 3.